The molecule has 0 bridgehead atoms. The summed E-state index contributed by atoms with van der Waals surface area (Å²) in [5, 5.41) is 5.84. The normalized spacial score (nSPS) is 19.7. The number of aromatic amines is 1. The molecule has 3 N–H and O–H groups in total. The molecule has 9 nitrogen and oxygen atoms in total. The van der Waals surface area contributed by atoms with Crippen molar-refractivity contribution in [2.24, 2.45) is 5.41 Å². The minimum atomic E-state index is -0.840. The second-order valence-corrected chi connectivity index (χ2v) is 8.30. The van der Waals surface area contributed by atoms with Crippen molar-refractivity contribution in [1.29, 1.82) is 0 Å². The molecule has 0 atom stereocenters. The Bertz CT molecular complexity index is 1200. The number of nitrogens with zero attached hydrogens (tertiary/aromatic N) is 3. The van der Waals surface area contributed by atoms with Crippen molar-refractivity contribution in [3.63, 3.8) is 0 Å². The van der Waals surface area contributed by atoms with E-state index in [1.54, 1.807) is 43.5 Å². The number of nitrogens with one attached hydrogen (secondary N) is 3. The van der Waals surface area contributed by atoms with Gasteiger partial charge in [0.15, 0.2) is 5.82 Å². The minimum absolute atomic E-state index is 0.145. The molecule has 182 valence electrons. The van der Waals surface area contributed by atoms with Crippen molar-refractivity contribution < 1.29 is 18.7 Å². The van der Waals surface area contributed by atoms with Gasteiger partial charge >= 0.3 is 0 Å². The summed E-state index contributed by atoms with van der Waals surface area (Å²) in [4.78, 5) is 29.2. The number of carbonyl (C=O) groups is 1. The number of ether oxygens (including phenoxy) is 2. The first-order valence-corrected chi connectivity index (χ1v) is 11.1. The fraction of sp³-hybridized carbons (Fsp3) is 0.280. The van der Waals surface area contributed by atoms with Crippen molar-refractivity contribution in [2.45, 2.75) is 13.2 Å². The monoisotopic (exact) mass is 478 g/mol. The molecule has 1 saturated heterocycles. The van der Waals surface area contributed by atoms with Crippen LogP contribution in [0.4, 0.5) is 10.3 Å². The van der Waals surface area contributed by atoms with Gasteiger partial charge in [-0.1, -0.05) is 12.2 Å². The number of H-pyrrole nitrogens is 1. The molecule has 1 amide bonds. The van der Waals surface area contributed by atoms with Gasteiger partial charge in [0.05, 0.1) is 35.7 Å². The lowest BCUT2D eigenvalue weighted by molar-refractivity contribution is -0.230. The number of amides is 1. The van der Waals surface area contributed by atoms with Gasteiger partial charge in [-0.25, -0.2) is 19.3 Å². The zero-order chi connectivity index (χ0) is 24.8. The molecular weight excluding hydrogens is 451 g/mol. The number of rotatable bonds is 9. The Morgan fingerprint density at radius 2 is 1.89 bits per heavy atom. The van der Waals surface area contributed by atoms with Crippen molar-refractivity contribution in [1.82, 2.24) is 25.3 Å². The van der Waals surface area contributed by atoms with Gasteiger partial charge in [-0.2, -0.15) is 0 Å². The highest BCUT2D eigenvalue weighted by molar-refractivity contribution is 5.82. The van der Waals surface area contributed by atoms with Gasteiger partial charge < -0.3 is 25.1 Å². The van der Waals surface area contributed by atoms with E-state index in [9.17, 15) is 9.18 Å². The SMILES string of the molecule is C=CCNC(=O)C1(C)COC(c2nc(-c3ccc(F)cc3)c(-c3ccnc(NCC=C)n3)[nH]2)OC1. The first kappa shape index (κ1) is 24.2. The summed E-state index contributed by atoms with van der Waals surface area (Å²) < 4.78 is 25.4. The molecule has 1 aliphatic rings. The van der Waals surface area contributed by atoms with Gasteiger partial charge in [0.2, 0.25) is 18.1 Å². The number of carbonyl (C=O) groups excluding carboxylic acids is 1. The highest BCUT2D eigenvalue weighted by atomic mass is 19.1. The Hall–Kier alpha value is -3.89. The van der Waals surface area contributed by atoms with Crippen LogP contribution in [-0.4, -0.2) is 52.1 Å². The van der Waals surface area contributed by atoms with E-state index in [0.29, 0.717) is 47.5 Å². The highest BCUT2D eigenvalue weighted by Crippen LogP contribution is 2.35. The molecule has 1 aromatic carbocycles. The van der Waals surface area contributed by atoms with Crippen LogP contribution in [0.25, 0.3) is 22.6 Å². The maximum absolute atomic E-state index is 13.6. The number of benzene rings is 1. The molecule has 1 fully saturated rings. The molecular formula is C25H27FN6O3. The molecule has 1 aliphatic heterocycles. The van der Waals surface area contributed by atoms with Crippen LogP contribution in [0.3, 0.4) is 0 Å². The summed E-state index contributed by atoms with van der Waals surface area (Å²) in [6.07, 6.45) is 4.13. The molecule has 0 aliphatic carbocycles. The van der Waals surface area contributed by atoms with E-state index >= 15 is 0 Å². The molecule has 0 spiro atoms. The second kappa shape index (κ2) is 10.6. The first-order chi connectivity index (χ1) is 16.9. The molecule has 0 saturated carbocycles. The molecule has 0 radical (unpaired) electrons. The zero-order valence-corrected chi connectivity index (χ0v) is 19.4. The van der Waals surface area contributed by atoms with Gasteiger partial charge in [-0.05, 0) is 37.3 Å². The summed E-state index contributed by atoms with van der Waals surface area (Å²) in [6, 6.07) is 7.75. The highest BCUT2D eigenvalue weighted by Gasteiger charge is 2.40. The van der Waals surface area contributed by atoms with E-state index in [1.807, 2.05) is 0 Å². The third-order valence-electron chi connectivity index (χ3n) is 5.44. The second-order valence-electron chi connectivity index (χ2n) is 8.30. The molecule has 3 aromatic rings. The number of halogens is 1. The quantitative estimate of drug-likeness (QED) is 0.403. The van der Waals surface area contributed by atoms with Crippen molar-refractivity contribution in [2.75, 3.05) is 31.6 Å². The topological polar surface area (TPSA) is 114 Å². The van der Waals surface area contributed by atoms with Crippen molar-refractivity contribution >= 4 is 11.9 Å². The van der Waals surface area contributed by atoms with E-state index in [4.69, 9.17) is 14.5 Å². The zero-order valence-electron chi connectivity index (χ0n) is 19.4. The maximum Gasteiger partial charge on any atom is 0.230 e. The number of imidazole rings is 1. The van der Waals surface area contributed by atoms with E-state index in [-0.39, 0.29) is 24.9 Å². The van der Waals surface area contributed by atoms with Gasteiger partial charge in [-0.15, -0.1) is 13.2 Å². The average Bonchev–Trinajstić information content (AvgIpc) is 3.32. The van der Waals surface area contributed by atoms with Gasteiger partial charge in [0.1, 0.15) is 5.82 Å². The Morgan fingerprint density at radius 1 is 1.17 bits per heavy atom. The Kier molecular flexibility index (Phi) is 7.33. The molecule has 2 aromatic heterocycles. The molecule has 4 rings (SSSR count). The summed E-state index contributed by atoms with van der Waals surface area (Å²) in [7, 11) is 0. The molecule has 3 heterocycles. The van der Waals surface area contributed by atoms with Crippen molar-refractivity contribution in [3.05, 3.63) is 73.5 Å². The lowest BCUT2D eigenvalue weighted by Gasteiger charge is -2.35. The standard InChI is InChI=1S/C25H27FN6O3/c1-4-11-27-23(33)25(3)14-34-22(35-15-25)21-31-19(16-6-8-17(26)9-7-16)20(32-21)18-10-13-29-24(30-18)28-12-5-2/h4-10,13,22H,1-2,11-12,14-15H2,3H3,(H,27,33)(H,31,32)(H,28,29,30). The number of hydrogen-bond acceptors (Lipinski definition) is 7. The Morgan fingerprint density at radius 3 is 2.57 bits per heavy atom. The van der Waals surface area contributed by atoms with Crippen LogP contribution in [0.5, 0.6) is 0 Å². The largest absolute Gasteiger partial charge is 0.352 e. The number of anilines is 1. The fourth-order valence-electron chi connectivity index (χ4n) is 3.53. The van der Waals surface area contributed by atoms with Crippen LogP contribution in [0, 0.1) is 11.2 Å². The average molecular weight is 479 g/mol. The van der Waals surface area contributed by atoms with Crippen molar-refractivity contribution in [3.8, 4) is 22.6 Å². The molecule has 35 heavy (non-hydrogen) atoms. The van der Waals surface area contributed by atoms with Gasteiger partial charge in [-0.3, -0.25) is 4.79 Å². The summed E-state index contributed by atoms with van der Waals surface area (Å²) in [6.45, 7) is 10.2. The lowest BCUT2D eigenvalue weighted by Crippen LogP contribution is -2.48. The van der Waals surface area contributed by atoms with Crippen LogP contribution < -0.4 is 10.6 Å². The fourth-order valence-corrected chi connectivity index (χ4v) is 3.53. The number of aromatic nitrogens is 4. The van der Waals surface area contributed by atoms with Crippen LogP contribution in [0.2, 0.25) is 0 Å². The minimum Gasteiger partial charge on any atom is -0.352 e. The van der Waals surface area contributed by atoms with Gasteiger partial charge in [0, 0.05) is 24.8 Å². The van der Waals surface area contributed by atoms with Crippen LogP contribution >= 0.6 is 0 Å². The van der Waals surface area contributed by atoms with E-state index in [0.717, 1.165) is 0 Å². The van der Waals surface area contributed by atoms with Crippen LogP contribution in [-0.2, 0) is 14.3 Å². The third-order valence-corrected chi connectivity index (χ3v) is 5.44. The Labute approximate surface area is 202 Å². The maximum atomic E-state index is 13.6. The smallest absolute Gasteiger partial charge is 0.230 e. The van der Waals surface area contributed by atoms with E-state index in [1.165, 1.54) is 12.1 Å². The van der Waals surface area contributed by atoms with Crippen LogP contribution in [0.15, 0.2) is 61.8 Å². The predicted octanol–water partition coefficient (Wildman–Crippen LogP) is 3.62. The lowest BCUT2D eigenvalue weighted by atomic mass is 9.91. The van der Waals surface area contributed by atoms with Crippen LogP contribution in [0.1, 0.15) is 19.0 Å². The summed E-state index contributed by atoms with van der Waals surface area (Å²) in [5.41, 5.74) is 1.58. The number of hydrogen-bond donors (Lipinski definition) is 3. The van der Waals surface area contributed by atoms with E-state index in [2.05, 4.69) is 38.7 Å². The molecule has 0 unspecified atom stereocenters. The van der Waals surface area contributed by atoms with E-state index < -0.39 is 11.7 Å². The summed E-state index contributed by atoms with van der Waals surface area (Å²) in [5.74, 6) is 0.308. The Balaban J connectivity index is 1.64. The van der Waals surface area contributed by atoms with Gasteiger partial charge in [0.25, 0.3) is 0 Å². The third kappa shape index (κ3) is 5.44. The predicted molar refractivity (Wildman–Crippen MR) is 130 cm³/mol. The first-order valence-electron chi connectivity index (χ1n) is 11.1. The summed E-state index contributed by atoms with van der Waals surface area (Å²) >= 11 is 0. The molecule has 10 heteroatoms.